The third-order valence-electron chi connectivity index (χ3n) is 4.98. The van der Waals surface area contributed by atoms with Gasteiger partial charge < -0.3 is 4.90 Å². The van der Waals surface area contributed by atoms with Crippen molar-refractivity contribution in [2.24, 2.45) is 0 Å². The van der Waals surface area contributed by atoms with Crippen molar-refractivity contribution < 1.29 is 8.78 Å². The van der Waals surface area contributed by atoms with Crippen molar-refractivity contribution in [2.45, 2.75) is 25.1 Å². The Morgan fingerprint density at radius 1 is 1.00 bits per heavy atom. The van der Waals surface area contributed by atoms with E-state index < -0.39 is 5.67 Å². The third kappa shape index (κ3) is 3.95. The van der Waals surface area contributed by atoms with Crippen LogP contribution >= 0.6 is 11.6 Å². The van der Waals surface area contributed by atoms with Gasteiger partial charge in [-0.25, -0.2) is 18.4 Å². The van der Waals surface area contributed by atoms with E-state index in [1.165, 1.54) is 24.3 Å². The summed E-state index contributed by atoms with van der Waals surface area (Å²) in [4.78, 5) is 6.35. The summed E-state index contributed by atoms with van der Waals surface area (Å²) >= 11 is 5.90. The Labute approximate surface area is 161 Å². The monoisotopic (exact) mass is 388 g/mol. The minimum Gasteiger partial charge on any atom is -0.339 e. The van der Waals surface area contributed by atoms with Crippen LogP contribution < -0.4 is 4.90 Å². The van der Waals surface area contributed by atoms with Crippen LogP contribution in [0.15, 0.2) is 54.9 Å². The number of piperidine rings is 1. The van der Waals surface area contributed by atoms with Crippen LogP contribution in [0.25, 0.3) is 0 Å². The van der Waals surface area contributed by atoms with E-state index in [9.17, 15) is 4.39 Å². The van der Waals surface area contributed by atoms with Crippen LogP contribution in [-0.4, -0.2) is 27.9 Å². The van der Waals surface area contributed by atoms with Gasteiger partial charge in [-0.05, 0) is 35.4 Å². The molecule has 0 N–H and O–H groups in total. The molecule has 7 heteroatoms. The zero-order chi connectivity index (χ0) is 18.9. The lowest BCUT2D eigenvalue weighted by Crippen LogP contribution is -2.40. The number of hydrogen-bond donors (Lipinski definition) is 0. The Morgan fingerprint density at radius 2 is 1.67 bits per heavy atom. The second kappa shape index (κ2) is 7.27. The fourth-order valence-corrected chi connectivity index (χ4v) is 3.51. The Balaban J connectivity index is 1.40. The Morgan fingerprint density at radius 3 is 2.33 bits per heavy atom. The maximum absolute atomic E-state index is 15.2. The largest absolute Gasteiger partial charge is 0.339 e. The maximum Gasteiger partial charge on any atom is 0.244 e. The number of halogens is 3. The molecule has 1 saturated heterocycles. The SMILES string of the molecule is Fc1ccc(C2(F)CCN(c3ncn(Cc4ccc(Cl)cc4)n3)CC2)cc1. The molecule has 1 fully saturated rings. The van der Waals surface area contributed by atoms with Crippen LogP contribution in [0.2, 0.25) is 5.02 Å². The quantitative estimate of drug-likeness (QED) is 0.655. The minimum absolute atomic E-state index is 0.324. The predicted molar refractivity (Wildman–Crippen MR) is 101 cm³/mol. The van der Waals surface area contributed by atoms with Gasteiger partial charge in [0.05, 0.1) is 6.54 Å². The summed E-state index contributed by atoms with van der Waals surface area (Å²) in [7, 11) is 0. The summed E-state index contributed by atoms with van der Waals surface area (Å²) in [5.41, 5.74) is 0.175. The number of rotatable bonds is 4. The van der Waals surface area contributed by atoms with Crippen LogP contribution in [0, 0.1) is 5.82 Å². The molecule has 0 spiro atoms. The van der Waals surface area contributed by atoms with Crippen LogP contribution in [0.3, 0.4) is 0 Å². The fourth-order valence-electron chi connectivity index (χ4n) is 3.38. The summed E-state index contributed by atoms with van der Waals surface area (Å²) in [5.74, 6) is 0.250. The topological polar surface area (TPSA) is 34.0 Å². The van der Waals surface area contributed by atoms with Gasteiger partial charge in [0.25, 0.3) is 0 Å². The zero-order valence-electron chi connectivity index (χ0n) is 14.7. The van der Waals surface area contributed by atoms with Crippen LogP contribution in [0.1, 0.15) is 24.0 Å². The average molecular weight is 389 g/mol. The highest BCUT2D eigenvalue weighted by molar-refractivity contribution is 6.30. The van der Waals surface area contributed by atoms with E-state index in [1.54, 1.807) is 11.0 Å². The second-order valence-electron chi connectivity index (χ2n) is 6.83. The summed E-state index contributed by atoms with van der Waals surface area (Å²) in [6, 6.07) is 13.3. The Kier molecular flexibility index (Phi) is 4.83. The van der Waals surface area contributed by atoms with Crippen molar-refractivity contribution in [1.29, 1.82) is 0 Å². The lowest BCUT2D eigenvalue weighted by molar-refractivity contribution is 0.124. The molecule has 0 atom stereocenters. The number of anilines is 1. The Hall–Kier alpha value is -2.47. The molecule has 1 aliphatic rings. The van der Waals surface area contributed by atoms with Crippen molar-refractivity contribution in [3.63, 3.8) is 0 Å². The number of hydrogen-bond acceptors (Lipinski definition) is 3. The molecule has 0 unspecified atom stereocenters. The fraction of sp³-hybridized carbons (Fsp3) is 0.300. The minimum atomic E-state index is -1.43. The maximum atomic E-state index is 15.2. The van der Waals surface area contributed by atoms with E-state index in [4.69, 9.17) is 11.6 Å². The normalized spacial score (nSPS) is 16.5. The molecule has 4 rings (SSSR count). The standard InChI is InChI=1S/C20H19ClF2N4/c21-17-5-1-15(2-6-17)13-27-14-24-19(25-27)26-11-9-20(23,10-12-26)16-3-7-18(22)8-4-16/h1-8,14H,9-13H2. The van der Waals surface area contributed by atoms with E-state index in [0.29, 0.717) is 49.0 Å². The number of benzene rings is 2. The molecule has 1 aromatic heterocycles. The van der Waals surface area contributed by atoms with E-state index in [-0.39, 0.29) is 5.82 Å². The lowest BCUT2D eigenvalue weighted by Gasteiger charge is -2.36. The average Bonchev–Trinajstić information content (AvgIpc) is 3.13. The van der Waals surface area contributed by atoms with Crippen LogP contribution in [-0.2, 0) is 12.2 Å². The van der Waals surface area contributed by atoms with Crippen molar-refractivity contribution in [3.05, 3.63) is 76.8 Å². The number of alkyl halides is 1. The molecule has 2 heterocycles. The third-order valence-corrected chi connectivity index (χ3v) is 5.23. The second-order valence-corrected chi connectivity index (χ2v) is 7.26. The molecule has 0 radical (unpaired) electrons. The van der Waals surface area contributed by atoms with Gasteiger partial charge in [-0.3, -0.25) is 0 Å². The first-order valence-electron chi connectivity index (χ1n) is 8.86. The molecule has 0 saturated carbocycles. The molecule has 0 bridgehead atoms. The van der Waals surface area contributed by atoms with E-state index >= 15 is 4.39 Å². The van der Waals surface area contributed by atoms with E-state index in [1.807, 2.05) is 29.2 Å². The summed E-state index contributed by atoms with van der Waals surface area (Å²) in [6.07, 6.45) is 2.33. The molecule has 0 aliphatic carbocycles. The highest BCUT2D eigenvalue weighted by Crippen LogP contribution is 2.37. The highest BCUT2D eigenvalue weighted by atomic mass is 35.5. The van der Waals surface area contributed by atoms with Crippen molar-refractivity contribution in [3.8, 4) is 0 Å². The molecule has 1 aliphatic heterocycles. The Bertz CT molecular complexity index is 900. The van der Waals surface area contributed by atoms with Crippen molar-refractivity contribution in [2.75, 3.05) is 18.0 Å². The predicted octanol–water partition coefficient (Wildman–Crippen LogP) is 4.58. The molecular weight excluding hydrogens is 370 g/mol. The first-order chi connectivity index (χ1) is 13.0. The molecule has 3 aromatic rings. The smallest absolute Gasteiger partial charge is 0.244 e. The molecule has 140 valence electrons. The zero-order valence-corrected chi connectivity index (χ0v) is 15.4. The van der Waals surface area contributed by atoms with Gasteiger partial charge in [0.2, 0.25) is 5.95 Å². The highest BCUT2D eigenvalue weighted by Gasteiger charge is 2.37. The van der Waals surface area contributed by atoms with Crippen LogP contribution in [0.5, 0.6) is 0 Å². The van der Waals surface area contributed by atoms with Gasteiger partial charge in [-0.2, -0.15) is 0 Å². The summed E-state index contributed by atoms with van der Waals surface area (Å²) in [5, 5.41) is 5.21. The summed E-state index contributed by atoms with van der Waals surface area (Å²) < 4.78 is 30.1. The van der Waals surface area contributed by atoms with E-state index in [2.05, 4.69) is 10.1 Å². The molecular formula is C20H19ClF2N4. The van der Waals surface area contributed by atoms with Crippen LogP contribution in [0.4, 0.5) is 14.7 Å². The van der Waals surface area contributed by atoms with Gasteiger partial charge in [-0.15, -0.1) is 5.10 Å². The first-order valence-corrected chi connectivity index (χ1v) is 9.23. The van der Waals surface area contributed by atoms with Gasteiger partial charge in [0.1, 0.15) is 17.8 Å². The van der Waals surface area contributed by atoms with Gasteiger partial charge in [-0.1, -0.05) is 35.9 Å². The van der Waals surface area contributed by atoms with Gasteiger partial charge in [0.15, 0.2) is 0 Å². The molecule has 27 heavy (non-hydrogen) atoms. The van der Waals surface area contributed by atoms with Gasteiger partial charge >= 0.3 is 0 Å². The van der Waals surface area contributed by atoms with E-state index in [0.717, 1.165) is 5.56 Å². The van der Waals surface area contributed by atoms with Gasteiger partial charge in [0, 0.05) is 31.0 Å². The number of aromatic nitrogens is 3. The number of nitrogens with zero attached hydrogens (tertiary/aromatic N) is 4. The van der Waals surface area contributed by atoms with Crippen molar-refractivity contribution in [1.82, 2.24) is 14.8 Å². The molecule has 2 aromatic carbocycles. The molecule has 0 amide bonds. The first kappa shape index (κ1) is 17.9. The van der Waals surface area contributed by atoms with Crippen molar-refractivity contribution >= 4 is 17.5 Å². The lowest BCUT2D eigenvalue weighted by atomic mass is 9.86. The molecule has 4 nitrogen and oxygen atoms in total. The summed E-state index contributed by atoms with van der Waals surface area (Å²) in [6.45, 7) is 1.62.